The SMILES string of the molecule is Clc1ccccc1OCCNc1ccccc1Br. The van der Waals surface area contributed by atoms with Crippen molar-refractivity contribution in [1.82, 2.24) is 0 Å². The molecule has 4 heteroatoms. The van der Waals surface area contributed by atoms with Crippen molar-refractivity contribution >= 4 is 33.2 Å². The van der Waals surface area contributed by atoms with Gasteiger partial charge in [0.25, 0.3) is 0 Å². The van der Waals surface area contributed by atoms with E-state index in [0.29, 0.717) is 23.9 Å². The van der Waals surface area contributed by atoms with Crippen molar-refractivity contribution in [3.63, 3.8) is 0 Å². The topological polar surface area (TPSA) is 21.3 Å². The van der Waals surface area contributed by atoms with Crippen LogP contribution >= 0.6 is 27.5 Å². The molecule has 18 heavy (non-hydrogen) atoms. The van der Waals surface area contributed by atoms with Crippen LogP contribution in [0.2, 0.25) is 5.02 Å². The Morgan fingerprint density at radius 3 is 2.56 bits per heavy atom. The summed E-state index contributed by atoms with van der Waals surface area (Å²) in [6.45, 7) is 1.28. The third kappa shape index (κ3) is 3.65. The predicted octanol–water partition coefficient (Wildman–Crippen LogP) is 4.59. The summed E-state index contributed by atoms with van der Waals surface area (Å²) in [7, 11) is 0. The Kier molecular flexibility index (Phi) is 4.90. The summed E-state index contributed by atoms with van der Waals surface area (Å²) < 4.78 is 6.63. The zero-order chi connectivity index (χ0) is 12.8. The summed E-state index contributed by atoms with van der Waals surface area (Å²) in [6.07, 6.45) is 0. The van der Waals surface area contributed by atoms with Crippen LogP contribution in [-0.2, 0) is 0 Å². The van der Waals surface area contributed by atoms with Crippen molar-refractivity contribution in [2.75, 3.05) is 18.5 Å². The highest BCUT2D eigenvalue weighted by molar-refractivity contribution is 9.10. The molecule has 0 aliphatic carbocycles. The Morgan fingerprint density at radius 2 is 1.78 bits per heavy atom. The molecule has 2 aromatic carbocycles. The molecule has 0 amide bonds. The first-order valence-electron chi connectivity index (χ1n) is 5.63. The van der Waals surface area contributed by atoms with Crippen LogP contribution in [0.3, 0.4) is 0 Å². The molecule has 0 aliphatic rings. The van der Waals surface area contributed by atoms with Gasteiger partial charge in [-0.05, 0) is 40.2 Å². The summed E-state index contributed by atoms with van der Waals surface area (Å²) >= 11 is 9.47. The van der Waals surface area contributed by atoms with Crippen LogP contribution in [0.1, 0.15) is 0 Å². The predicted molar refractivity (Wildman–Crippen MR) is 79.6 cm³/mol. The lowest BCUT2D eigenvalue weighted by Crippen LogP contribution is -2.11. The number of rotatable bonds is 5. The lowest BCUT2D eigenvalue weighted by Gasteiger charge is -2.10. The Labute approximate surface area is 120 Å². The summed E-state index contributed by atoms with van der Waals surface area (Å²) in [5, 5.41) is 3.93. The van der Waals surface area contributed by atoms with E-state index in [1.54, 1.807) is 0 Å². The average molecular weight is 327 g/mol. The van der Waals surface area contributed by atoms with Gasteiger partial charge in [-0.25, -0.2) is 0 Å². The van der Waals surface area contributed by atoms with Gasteiger partial charge < -0.3 is 10.1 Å². The zero-order valence-corrected chi connectivity index (χ0v) is 12.0. The third-order valence-electron chi connectivity index (χ3n) is 2.39. The van der Waals surface area contributed by atoms with E-state index in [0.717, 1.165) is 10.2 Å². The van der Waals surface area contributed by atoms with Crippen LogP contribution in [-0.4, -0.2) is 13.2 Å². The van der Waals surface area contributed by atoms with Gasteiger partial charge in [0.05, 0.1) is 5.02 Å². The maximum Gasteiger partial charge on any atom is 0.137 e. The summed E-state index contributed by atoms with van der Waals surface area (Å²) in [4.78, 5) is 0. The summed E-state index contributed by atoms with van der Waals surface area (Å²) in [6, 6.07) is 15.4. The van der Waals surface area contributed by atoms with E-state index in [2.05, 4.69) is 21.2 Å². The van der Waals surface area contributed by atoms with E-state index in [1.165, 1.54) is 0 Å². The minimum atomic E-state index is 0.561. The molecule has 94 valence electrons. The molecule has 2 rings (SSSR count). The van der Waals surface area contributed by atoms with Gasteiger partial charge in [-0.2, -0.15) is 0 Å². The molecule has 0 aromatic heterocycles. The monoisotopic (exact) mass is 325 g/mol. The molecule has 0 radical (unpaired) electrons. The van der Waals surface area contributed by atoms with Crippen molar-refractivity contribution in [3.05, 3.63) is 58.0 Å². The average Bonchev–Trinajstić information content (AvgIpc) is 2.38. The van der Waals surface area contributed by atoms with Gasteiger partial charge in [-0.15, -0.1) is 0 Å². The highest BCUT2D eigenvalue weighted by atomic mass is 79.9. The fourth-order valence-electron chi connectivity index (χ4n) is 1.51. The summed E-state index contributed by atoms with van der Waals surface area (Å²) in [5.74, 6) is 0.716. The maximum absolute atomic E-state index is 5.99. The molecule has 0 bridgehead atoms. The number of halogens is 2. The molecule has 0 fully saturated rings. The number of nitrogens with one attached hydrogen (secondary N) is 1. The number of para-hydroxylation sites is 2. The molecule has 0 spiro atoms. The minimum absolute atomic E-state index is 0.561. The van der Waals surface area contributed by atoms with Crippen molar-refractivity contribution in [1.29, 1.82) is 0 Å². The second-order valence-electron chi connectivity index (χ2n) is 3.69. The second-order valence-corrected chi connectivity index (χ2v) is 4.95. The molecule has 0 saturated heterocycles. The first-order valence-corrected chi connectivity index (χ1v) is 6.80. The first kappa shape index (κ1) is 13.2. The maximum atomic E-state index is 5.99. The largest absolute Gasteiger partial charge is 0.490 e. The minimum Gasteiger partial charge on any atom is -0.490 e. The van der Waals surface area contributed by atoms with E-state index < -0.39 is 0 Å². The van der Waals surface area contributed by atoms with Crippen molar-refractivity contribution in [3.8, 4) is 5.75 Å². The van der Waals surface area contributed by atoms with E-state index in [4.69, 9.17) is 16.3 Å². The standard InChI is InChI=1S/C14H13BrClNO/c15-11-5-1-3-7-13(11)17-9-10-18-14-8-4-2-6-12(14)16/h1-8,17H,9-10H2. The van der Waals surface area contributed by atoms with E-state index in [9.17, 15) is 0 Å². The molecule has 2 nitrogen and oxygen atoms in total. The molecular formula is C14H13BrClNO. The molecular weight excluding hydrogens is 314 g/mol. The molecule has 1 N–H and O–H groups in total. The highest BCUT2D eigenvalue weighted by Crippen LogP contribution is 2.23. The smallest absolute Gasteiger partial charge is 0.137 e. The quantitative estimate of drug-likeness (QED) is 0.811. The van der Waals surface area contributed by atoms with Gasteiger partial charge in [0.15, 0.2) is 0 Å². The van der Waals surface area contributed by atoms with Crippen LogP contribution in [0.25, 0.3) is 0 Å². The number of ether oxygens (including phenoxy) is 1. The fourth-order valence-corrected chi connectivity index (χ4v) is 2.13. The molecule has 0 aliphatic heterocycles. The van der Waals surface area contributed by atoms with E-state index in [-0.39, 0.29) is 0 Å². The van der Waals surface area contributed by atoms with E-state index in [1.807, 2.05) is 48.5 Å². The second kappa shape index (κ2) is 6.66. The van der Waals surface area contributed by atoms with Gasteiger partial charge in [0.2, 0.25) is 0 Å². The van der Waals surface area contributed by atoms with Crippen LogP contribution < -0.4 is 10.1 Å². The van der Waals surface area contributed by atoms with Gasteiger partial charge in [-0.1, -0.05) is 35.9 Å². The Balaban J connectivity index is 1.80. The normalized spacial score (nSPS) is 10.1. The first-order chi connectivity index (χ1) is 8.77. The summed E-state index contributed by atoms with van der Waals surface area (Å²) in [5.41, 5.74) is 1.06. The van der Waals surface area contributed by atoms with Crippen LogP contribution in [0.15, 0.2) is 53.0 Å². The fraction of sp³-hybridized carbons (Fsp3) is 0.143. The van der Waals surface area contributed by atoms with Crippen molar-refractivity contribution in [2.24, 2.45) is 0 Å². The van der Waals surface area contributed by atoms with Crippen molar-refractivity contribution < 1.29 is 4.74 Å². The Hall–Kier alpha value is -1.19. The number of anilines is 1. The van der Waals surface area contributed by atoms with Gasteiger partial charge in [0.1, 0.15) is 12.4 Å². The van der Waals surface area contributed by atoms with Crippen LogP contribution in [0.5, 0.6) is 5.75 Å². The highest BCUT2D eigenvalue weighted by Gasteiger charge is 2.00. The van der Waals surface area contributed by atoms with Crippen molar-refractivity contribution in [2.45, 2.75) is 0 Å². The molecule has 0 atom stereocenters. The number of hydrogen-bond acceptors (Lipinski definition) is 2. The lowest BCUT2D eigenvalue weighted by atomic mass is 10.3. The molecule has 0 heterocycles. The van der Waals surface area contributed by atoms with Gasteiger partial charge >= 0.3 is 0 Å². The number of benzene rings is 2. The van der Waals surface area contributed by atoms with Gasteiger partial charge in [0, 0.05) is 16.7 Å². The molecule has 0 saturated carbocycles. The number of hydrogen-bond donors (Lipinski definition) is 1. The third-order valence-corrected chi connectivity index (χ3v) is 3.39. The van der Waals surface area contributed by atoms with Crippen LogP contribution in [0, 0.1) is 0 Å². The van der Waals surface area contributed by atoms with Gasteiger partial charge in [-0.3, -0.25) is 0 Å². The Morgan fingerprint density at radius 1 is 1.06 bits per heavy atom. The molecule has 2 aromatic rings. The molecule has 0 unspecified atom stereocenters. The Bertz CT molecular complexity index is 471. The lowest BCUT2D eigenvalue weighted by molar-refractivity contribution is 0.333. The zero-order valence-electron chi connectivity index (χ0n) is 9.70. The van der Waals surface area contributed by atoms with Crippen LogP contribution in [0.4, 0.5) is 5.69 Å². The van der Waals surface area contributed by atoms with E-state index >= 15 is 0 Å².